The summed E-state index contributed by atoms with van der Waals surface area (Å²) in [5.74, 6) is 0.519. The Morgan fingerprint density at radius 3 is 2.92 bits per heavy atom. The van der Waals surface area contributed by atoms with Crippen LogP contribution in [0.4, 0.5) is 0 Å². The van der Waals surface area contributed by atoms with Crippen LogP contribution in [0.1, 0.15) is 26.2 Å². The van der Waals surface area contributed by atoms with Crippen molar-refractivity contribution in [1.82, 2.24) is 5.32 Å². The van der Waals surface area contributed by atoms with Gasteiger partial charge in [0.15, 0.2) is 5.96 Å². The van der Waals surface area contributed by atoms with Crippen LogP contribution in [0.2, 0.25) is 0 Å². The van der Waals surface area contributed by atoms with Gasteiger partial charge in [0, 0.05) is 13.1 Å². The standard InChI is InChI=1S/C9H19N3/c1-3-5-6-8-12-9(10)11-7-4-2/h4H,2-3,5-8H2,1H3,(H3,10,11,12). The molecule has 3 nitrogen and oxygen atoms in total. The van der Waals surface area contributed by atoms with Gasteiger partial charge in [0.2, 0.25) is 0 Å². The number of rotatable bonds is 6. The highest BCUT2D eigenvalue weighted by Crippen LogP contribution is 1.92. The molecule has 0 bridgehead atoms. The molecule has 0 spiro atoms. The molecule has 3 heteroatoms. The predicted octanol–water partition coefficient (Wildman–Crippen LogP) is 1.27. The average Bonchev–Trinajstić information content (AvgIpc) is 2.09. The molecular weight excluding hydrogens is 150 g/mol. The second-order valence-electron chi connectivity index (χ2n) is 2.64. The second-order valence-corrected chi connectivity index (χ2v) is 2.64. The smallest absolute Gasteiger partial charge is 0.188 e. The quantitative estimate of drug-likeness (QED) is 0.272. The van der Waals surface area contributed by atoms with E-state index in [1.54, 1.807) is 6.08 Å². The Bertz CT molecular complexity index is 141. The molecule has 0 saturated heterocycles. The Balaban J connectivity index is 3.34. The number of unbranched alkanes of at least 4 members (excludes halogenated alkanes) is 2. The third kappa shape index (κ3) is 7.12. The Morgan fingerprint density at radius 2 is 2.33 bits per heavy atom. The summed E-state index contributed by atoms with van der Waals surface area (Å²) < 4.78 is 0. The number of nitrogens with zero attached hydrogens (tertiary/aromatic N) is 1. The molecule has 70 valence electrons. The van der Waals surface area contributed by atoms with Crippen LogP contribution in [0.3, 0.4) is 0 Å². The molecule has 0 radical (unpaired) electrons. The predicted molar refractivity (Wildman–Crippen MR) is 54.2 cm³/mol. The van der Waals surface area contributed by atoms with Crippen LogP contribution < -0.4 is 11.1 Å². The number of hydrogen-bond donors (Lipinski definition) is 2. The normalized spacial score (nSPS) is 11.2. The van der Waals surface area contributed by atoms with E-state index in [1.165, 1.54) is 12.8 Å². The Hall–Kier alpha value is -0.990. The SMILES string of the molecule is C=CCNC(N)=NCCCCC. The van der Waals surface area contributed by atoms with Crippen molar-refractivity contribution in [2.24, 2.45) is 10.7 Å². The first-order valence-corrected chi connectivity index (χ1v) is 4.46. The summed E-state index contributed by atoms with van der Waals surface area (Å²) in [5, 5.41) is 2.92. The van der Waals surface area contributed by atoms with Gasteiger partial charge in [0.05, 0.1) is 0 Å². The first-order valence-electron chi connectivity index (χ1n) is 4.46. The minimum absolute atomic E-state index is 0.519. The zero-order valence-electron chi connectivity index (χ0n) is 7.84. The molecule has 0 heterocycles. The van der Waals surface area contributed by atoms with Crippen molar-refractivity contribution in [2.75, 3.05) is 13.1 Å². The fourth-order valence-corrected chi connectivity index (χ4v) is 0.794. The molecule has 0 saturated carbocycles. The van der Waals surface area contributed by atoms with Gasteiger partial charge in [-0.3, -0.25) is 4.99 Å². The summed E-state index contributed by atoms with van der Waals surface area (Å²) in [7, 11) is 0. The van der Waals surface area contributed by atoms with Crippen LogP contribution >= 0.6 is 0 Å². The van der Waals surface area contributed by atoms with E-state index >= 15 is 0 Å². The average molecular weight is 169 g/mol. The molecule has 0 fully saturated rings. The lowest BCUT2D eigenvalue weighted by Gasteiger charge is -2.01. The van der Waals surface area contributed by atoms with Crippen molar-refractivity contribution >= 4 is 5.96 Å². The lowest BCUT2D eigenvalue weighted by atomic mass is 10.2. The van der Waals surface area contributed by atoms with Crippen LogP contribution in [0, 0.1) is 0 Å². The van der Waals surface area contributed by atoms with E-state index in [0.717, 1.165) is 13.0 Å². The molecule has 0 atom stereocenters. The fraction of sp³-hybridized carbons (Fsp3) is 0.667. The van der Waals surface area contributed by atoms with E-state index in [4.69, 9.17) is 5.73 Å². The van der Waals surface area contributed by atoms with E-state index in [0.29, 0.717) is 12.5 Å². The summed E-state index contributed by atoms with van der Waals surface area (Å²) in [6.07, 6.45) is 5.31. The monoisotopic (exact) mass is 169 g/mol. The number of nitrogens with two attached hydrogens (primary N) is 1. The fourth-order valence-electron chi connectivity index (χ4n) is 0.794. The van der Waals surface area contributed by atoms with E-state index in [1.807, 2.05) is 0 Å². The summed E-state index contributed by atoms with van der Waals surface area (Å²) in [6, 6.07) is 0. The maximum atomic E-state index is 5.53. The Morgan fingerprint density at radius 1 is 1.58 bits per heavy atom. The van der Waals surface area contributed by atoms with Crippen molar-refractivity contribution in [3.8, 4) is 0 Å². The zero-order valence-corrected chi connectivity index (χ0v) is 7.84. The van der Waals surface area contributed by atoms with E-state index < -0.39 is 0 Å². The number of hydrogen-bond acceptors (Lipinski definition) is 1. The zero-order chi connectivity index (χ0) is 9.23. The molecule has 0 aliphatic carbocycles. The summed E-state index contributed by atoms with van der Waals surface area (Å²) in [4.78, 5) is 4.13. The van der Waals surface area contributed by atoms with Gasteiger partial charge in [-0.1, -0.05) is 25.8 Å². The van der Waals surface area contributed by atoms with Gasteiger partial charge in [-0.15, -0.1) is 6.58 Å². The van der Waals surface area contributed by atoms with Gasteiger partial charge in [-0.05, 0) is 6.42 Å². The van der Waals surface area contributed by atoms with Crippen LogP contribution in [-0.2, 0) is 0 Å². The van der Waals surface area contributed by atoms with Crippen LogP contribution in [-0.4, -0.2) is 19.0 Å². The van der Waals surface area contributed by atoms with Crippen LogP contribution in [0.5, 0.6) is 0 Å². The third-order valence-electron chi connectivity index (χ3n) is 1.47. The van der Waals surface area contributed by atoms with Crippen molar-refractivity contribution in [1.29, 1.82) is 0 Å². The highest BCUT2D eigenvalue weighted by molar-refractivity contribution is 5.77. The van der Waals surface area contributed by atoms with Gasteiger partial charge in [0.1, 0.15) is 0 Å². The summed E-state index contributed by atoms with van der Waals surface area (Å²) >= 11 is 0. The number of aliphatic imine (C=N–C) groups is 1. The van der Waals surface area contributed by atoms with Crippen molar-refractivity contribution in [3.63, 3.8) is 0 Å². The molecule has 0 amide bonds. The van der Waals surface area contributed by atoms with Crippen molar-refractivity contribution < 1.29 is 0 Å². The molecule has 0 aromatic heterocycles. The van der Waals surface area contributed by atoms with Gasteiger partial charge >= 0.3 is 0 Å². The maximum absolute atomic E-state index is 5.53. The highest BCUT2D eigenvalue weighted by Gasteiger charge is 1.87. The molecule has 3 N–H and O–H groups in total. The van der Waals surface area contributed by atoms with E-state index in [-0.39, 0.29) is 0 Å². The molecular formula is C9H19N3. The second kappa shape index (κ2) is 8.11. The number of nitrogens with one attached hydrogen (secondary N) is 1. The largest absolute Gasteiger partial charge is 0.370 e. The Labute approximate surface area is 74.8 Å². The minimum atomic E-state index is 0.519. The molecule has 0 aliphatic heterocycles. The van der Waals surface area contributed by atoms with Crippen molar-refractivity contribution in [2.45, 2.75) is 26.2 Å². The van der Waals surface area contributed by atoms with Crippen molar-refractivity contribution in [3.05, 3.63) is 12.7 Å². The number of guanidine groups is 1. The molecule has 12 heavy (non-hydrogen) atoms. The van der Waals surface area contributed by atoms with E-state index in [9.17, 15) is 0 Å². The Kier molecular flexibility index (Phi) is 7.44. The first kappa shape index (κ1) is 11.0. The van der Waals surface area contributed by atoms with Crippen LogP contribution in [0.15, 0.2) is 17.6 Å². The summed E-state index contributed by atoms with van der Waals surface area (Å²) in [6.45, 7) is 7.25. The summed E-state index contributed by atoms with van der Waals surface area (Å²) in [5.41, 5.74) is 5.53. The van der Waals surface area contributed by atoms with Gasteiger partial charge < -0.3 is 11.1 Å². The molecule has 0 aliphatic rings. The third-order valence-corrected chi connectivity index (χ3v) is 1.47. The molecule has 0 unspecified atom stereocenters. The molecule has 0 rings (SSSR count). The van der Waals surface area contributed by atoms with E-state index in [2.05, 4.69) is 23.8 Å². The highest BCUT2D eigenvalue weighted by atomic mass is 15.1. The first-order chi connectivity index (χ1) is 5.81. The molecule has 0 aromatic rings. The van der Waals surface area contributed by atoms with Gasteiger partial charge in [-0.25, -0.2) is 0 Å². The lowest BCUT2D eigenvalue weighted by molar-refractivity contribution is 0.725. The van der Waals surface area contributed by atoms with Gasteiger partial charge in [-0.2, -0.15) is 0 Å². The lowest BCUT2D eigenvalue weighted by Crippen LogP contribution is -2.31. The molecule has 0 aromatic carbocycles. The maximum Gasteiger partial charge on any atom is 0.188 e. The minimum Gasteiger partial charge on any atom is -0.370 e. The van der Waals surface area contributed by atoms with Crippen LogP contribution in [0.25, 0.3) is 0 Å². The topological polar surface area (TPSA) is 50.4 Å². The van der Waals surface area contributed by atoms with Gasteiger partial charge in [0.25, 0.3) is 0 Å².